The Morgan fingerprint density at radius 3 is 2.81 bits per heavy atom. The Labute approximate surface area is 152 Å². The van der Waals surface area contributed by atoms with Gasteiger partial charge in [-0.25, -0.2) is 9.50 Å². The van der Waals surface area contributed by atoms with Crippen LogP contribution in [-0.4, -0.2) is 50.4 Å². The molecule has 2 aliphatic rings. The Bertz CT molecular complexity index is 824. The number of nitrogens with zero attached hydrogens (tertiary/aromatic N) is 4. The molecule has 1 N–H and O–H groups in total. The van der Waals surface area contributed by atoms with Crippen molar-refractivity contribution in [1.82, 2.24) is 24.8 Å². The highest BCUT2D eigenvalue weighted by Crippen LogP contribution is 2.28. The Morgan fingerprint density at radius 1 is 1.19 bits per heavy atom. The minimum absolute atomic E-state index is 0.0426. The molecule has 1 aliphatic heterocycles. The molecule has 2 fully saturated rings. The first-order chi connectivity index (χ1) is 12.6. The van der Waals surface area contributed by atoms with Crippen molar-refractivity contribution in [2.24, 2.45) is 5.92 Å². The maximum absolute atomic E-state index is 12.7. The van der Waals surface area contributed by atoms with Gasteiger partial charge in [-0.05, 0) is 51.5 Å². The molecular weight excluding hydrogens is 330 g/mol. The molecule has 0 radical (unpaired) electrons. The first-order valence-electron chi connectivity index (χ1n) is 9.52. The number of aryl methyl sites for hydroxylation is 1. The number of rotatable bonds is 3. The molecule has 7 nitrogen and oxygen atoms in total. The monoisotopic (exact) mass is 355 g/mol. The van der Waals surface area contributed by atoms with E-state index in [-0.39, 0.29) is 23.8 Å². The predicted octanol–water partition coefficient (Wildman–Crippen LogP) is 1.95. The fourth-order valence-electron chi connectivity index (χ4n) is 4.09. The summed E-state index contributed by atoms with van der Waals surface area (Å²) in [4.78, 5) is 31.8. The second-order valence-corrected chi connectivity index (χ2v) is 7.46. The molecule has 0 bridgehead atoms. The van der Waals surface area contributed by atoms with E-state index in [4.69, 9.17) is 0 Å². The topological polar surface area (TPSA) is 79.6 Å². The highest BCUT2D eigenvalue weighted by atomic mass is 16.2. The van der Waals surface area contributed by atoms with Crippen molar-refractivity contribution in [2.75, 3.05) is 13.1 Å². The van der Waals surface area contributed by atoms with Gasteiger partial charge in [0.25, 0.3) is 5.91 Å². The largest absolute Gasteiger partial charge is 0.349 e. The number of amides is 2. The van der Waals surface area contributed by atoms with Crippen LogP contribution in [0, 0.1) is 12.8 Å². The molecule has 0 unspecified atom stereocenters. The number of piperidine rings is 1. The Balaban J connectivity index is 1.39. The minimum atomic E-state index is -0.158. The summed E-state index contributed by atoms with van der Waals surface area (Å²) in [5.74, 6) is 0.159. The standard InChI is InChI=1S/C19H25N5O2/c1-13-7-10-24-17(21-13)16(12-20-24)18(25)22-15-6-5-14(11-15)19(26)23-8-3-2-4-9-23/h7,10,12,14-15H,2-6,8-9,11H2,1H3,(H,22,25)/t14-,15+/m1/s1. The summed E-state index contributed by atoms with van der Waals surface area (Å²) in [7, 11) is 0. The van der Waals surface area contributed by atoms with Crippen molar-refractivity contribution in [1.29, 1.82) is 0 Å². The van der Waals surface area contributed by atoms with Crippen molar-refractivity contribution in [3.05, 3.63) is 29.7 Å². The molecule has 0 aromatic carbocycles. The zero-order valence-electron chi connectivity index (χ0n) is 15.1. The highest BCUT2D eigenvalue weighted by Gasteiger charge is 2.34. The lowest BCUT2D eigenvalue weighted by molar-refractivity contribution is -0.136. The van der Waals surface area contributed by atoms with E-state index >= 15 is 0 Å². The predicted molar refractivity (Wildman–Crippen MR) is 96.8 cm³/mol. The van der Waals surface area contributed by atoms with Crippen molar-refractivity contribution in [2.45, 2.75) is 51.5 Å². The van der Waals surface area contributed by atoms with Crippen LogP contribution >= 0.6 is 0 Å². The van der Waals surface area contributed by atoms with Gasteiger partial charge in [0.1, 0.15) is 5.56 Å². The maximum Gasteiger partial charge on any atom is 0.256 e. The summed E-state index contributed by atoms with van der Waals surface area (Å²) in [5.41, 5.74) is 1.90. The third-order valence-electron chi connectivity index (χ3n) is 5.54. The van der Waals surface area contributed by atoms with E-state index in [0.29, 0.717) is 11.2 Å². The summed E-state index contributed by atoms with van der Waals surface area (Å²) < 4.78 is 1.61. The van der Waals surface area contributed by atoms with Gasteiger partial charge in [-0.3, -0.25) is 9.59 Å². The number of carbonyl (C=O) groups excluding carboxylic acids is 2. The van der Waals surface area contributed by atoms with Crippen LogP contribution in [0.2, 0.25) is 0 Å². The Kier molecular flexibility index (Phi) is 4.61. The molecule has 2 amide bonds. The van der Waals surface area contributed by atoms with Crippen molar-refractivity contribution in [3.63, 3.8) is 0 Å². The molecule has 138 valence electrons. The molecule has 2 atom stereocenters. The third-order valence-corrected chi connectivity index (χ3v) is 5.54. The van der Waals surface area contributed by atoms with Crippen molar-refractivity contribution < 1.29 is 9.59 Å². The average Bonchev–Trinajstić information content (AvgIpc) is 3.28. The molecule has 7 heteroatoms. The lowest BCUT2D eigenvalue weighted by atomic mass is 10.0. The van der Waals surface area contributed by atoms with Crippen LogP contribution in [0.25, 0.3) is 5.65 Å². The summed E-state index contributed by atoms with van der Waals surface area (Å²) in [6.07, 6.45) is 9.24. The maximum atomic E-state index is 12.7. The fraction of sp³-hybridized carbons (Fsp3) is 0.579. The smallest absolute Gasteiger partial charge is 0.256 e. The molecule has 2 aromatic heterocycles. The second kappa shape index (κ2) is 7.05. The lowest BCUT2D eigenvalue weighted by Gasteiger charge is -2.29. The van der Waals surface area contributed by atoms with Gasteiger partial charge < -0.3 is 10.2 Å². The van der Waals surface area contributed by atoms with Crippen LogP contribution in [0.3, 0.4) is 0 Å². The molecule has 1 saturated carbocycles. The number of aromatic nitrogens is 3. The van der Waals surface area contributed by atoms with E-state index in [9.17, 15) is 9.59 Å². The highest BCUT2D eigenvalue weighted by molar-refractivity contribution is 5.99. The Morgan fingerprint density at radius 2 is 2.00 bits per heavy atom. The number of likely N-dealkylation sites (tertiary alicyclic amines) is 1. The quantitative estimate of drug-likeness (QED) is 0.913. The van der Waals surface area contributed by atoms with Crippen molar-refractivity contribution in [3.8, 4) is 0 Å². The molecule has 0 spiro atoms. The minimum Gasteiger partial charge on any atom is -0.349 e. The average molecular weight is 355 g/mol. The van der Waals surface area contributed by atoms with E-state index in [2.05, 4.69) is 15.4 Å². The van der Waals surface area contributed by atoms with Gasteiger partial charge >= 0.3 is 0 Å². The summed E-state index contributed by atoms with van der Waals surface area (Å²) in [6.45, 7) is 3.67. The number of carbonyl (C=O) groups is 2. The molecule has 1 aliphatic carbocycles. The van der Waals surface area contributed by atoms with Crippen LogP contribution in [-0.2, 0) is 4.79 Å². The normalized spacial score (nSPS) is 23.3. The van der Waals surface area contributed by atoms with Crippen LogP contribution in [0.4, 0.5) is 0 Å². The van der Waals surface area contributed by atoms with E-state index in [1.165, 1.54) is 6.42 Å². The second-order valence-electron chi connectivity index (χ2n) is 7.46. The molecule has 2 aromatic rings. The third kappa shape index (κ3) is 3.30. The van der Waals surface area contributed by atoms with Crippen LogP contribution in [0.1, 0.15) is 54.6 Å². The number of hydrogen-bond donors (Lipinski definition) is 1. The molecule has 4 rings (SSSR count). The summed E-state index contributed by atoms with van der Waals surface area (Å²) in [5, 5.41) is 7.27. The van der Waals surface area contributed by atoms with Crippen LogP contribution < -0.4 is 5.32 Å². The zero-order valence-corrected chi connectivity index (χ0v) is 15.1. The fourth-order valence-corrected chi connectivity index (χ4v) is 4.09. The van der Waals surface area contributed by atoms with Gasteiger partial charge in [0.2, 0.25) is 5.91 Å². The molecular formula is C19H25N5O2. The zero-order chi connectivity index (χ0) is 18.1. The summed E-state index contributed by atoms with van der Waals surface area (Å²) >= 11 is 0. The number of hydrogen-bond acceptors (Lipinski definition) is 4. The van der Waals surface area contributed by atoms with Crippen molar-refractivity contribution >= 4 is 17.5 Å². The molecule has 3 heterocycles. The SMILES string of the molecule is Cc1ccn2ncc(C(=O)N[C@H]3CC[C@@H](C(=O)N4CCCCC4)C3)c2n1. The molecule has 1 saturated heterocycles. The van der Waals surface area contributed by atoms with Gasteiger partial charge in [-0.15, -0.1) is 0 Å². The van der Waals surface area contributed by atoms with E-state index < -0.39 is 0 Å². The van der Waals surface area contributed by atoms with Gasteiger partial charge in [-0.2, -0.15) is 5.10 Å². The first kappa shape index (κ1) is 17.0. The first-order valence-corrected chi connectivity index (χ1v) is 9.52. The lowest BCUT2D eigenvalue weighted by Crippen LogP contribution is -2.40. The van der Waals surface area contributed by atoms with E-state index in [1.807, 2.05) is 17.9 Å². The van der Waals surface area contributed by atoms with Gasteiger partial charge in [0, 0.05) is 36.9 Å². The van der Waals surface area contributed by atoms with E-state index in [1.54, 1.807) is 16.9 Å². The Hall–Kier alpha value is -2.44. The van der Waals surface area contributed by atoms with Gasteiger partial charge in [0.05, 0.1) is 6.20 Å². The van der Waals surface area contributed by atoms with Crippen LogP contribution in [0.5, 0.6) is 0 Å². The van der Waals surface area contributed by atoms with Gasteiger partial charge in [-0.1, -0.05) is 0 Å². The van der Waals surface area contributed by atoms with Crippen LogP contribution in [0.15, 0.2) is 18.5 Å². The van der Waals surface area contributed by atoms with E-state index in [0.717, 1.165) is 50.9 Å². The number of fused-ring (bicyclic) bond motifs is 1. The summed E-state index contributed by atoms with van der Waals surface area (Å²) in [6, 6.07) is 1.90. The number of nitrogens with one attached hydrogen (secondary N) is 1. The van der Waals surface area contributed by atoms with Gasteiger partial charge in [0.15, 0.2) is 5.65 Å². The molecule has 26 heavy (non-hydrogen) atoms.